The summed E-state index contributed by atoms with van der Waals surface area (Å²) in [6, 6.07) is 12.2. The van der Waals surface area contributed by atoms with Gasteiger partial charge in [0.1, 0.15) is 5.82 Å². The molecule has 0 bridgehead atoms. The van der Waals surface area contributed by atoms with E-state index in [1.54, 1.807) is 6.07 Å². The number of ketones is 1. The van der Waals surface area contributed by atoms with Crippen LogP contribution in [0.15, 0.2) is 42.5 Å². The molecule has 0 aromatic heterocycles. The third-order valence-corrected chi connectivity index (χ3v) is 3.09. The maximum Gasteiger partial charge on any atom is 0.162 e. The van der Waals surface area contributed by atoms with Crippen LogP contribution in [0.25, 0.3) is 0 Å². The van der Waals surface area contributed by atoms with E-state index in [1.165, 1.54) is 19.1 Å². The summed E-state index contributed by atoms with van der Waals surface area (Å²) in [5.41, 5.74) is 3.20. The zero-order valence-corrected chi connectivity index (χ0v) is 11.3. The van der Waals surface area contributed by atoms with E-state index < -0.39 is 5.82 Å². The second kappa shape index (κ2) is 5.22. The van der Waals surface area contributed by atoms with Gasteiger partial charge in [-0.25, -0.2) is 4.39 Å². The van der Waals surface area contributed by atoms with E-state index in [0.29, 0.717) is 11.3 Å². The second-order valence-electron chi connectivity index (χ2n) is 4.62. The van der Waals surface area contributed by atoms with E-state index in [1.807, 2.05) is 43.1 Å². The SMILES string of the molecule is CC(=O)c1cc(F)ccc1N(C)c1cccc(C)c1. The van der Waals surface area contributed by atoms with E-state index in [0.717, 1.165) is 11.3 Å². The van der Waals surface area contributed by atoms with Crippen LogP contribution in [0.1, 0.15) is 22.8 Å². The number of Topliss-reactive ketones (excluding diaryl/α,β-unsaturated/α-hetero) is 1. The van der Waals surface area contributed by atoms with Crippen LogP contribution in [0, 0.1) is 12.7 Å². The fourth-order valence-corrected chi connectivity index (χ4v) is 2.06. The number of halogens is 1. The molecule has 0 aliphatic rings. The molecule has 0 radical (unpaired) electrons. The maximum atomic E-state index is 13.3. The highest BCUT2D eigenvalue weighted by Gasteiger charge is 2.13. The molecule has 2 aromatic carbocycles. The second-order valence-corrected chi connectivity index (χ2v) is 4.62. The Bertz CT molecular complexity index is 622. The molecule has 0 heterocycles. The predicted molar refractivity (Wildman–Crippen MR) is 75.6 cm³/mol. The molecule has 2 aromatic rings. The van der Waals surface area contributed by atoms with Gasteiger partial charge < -0.3 is 4.90 Å². The van der Waals surface area contributed by atoms with Crippen molar-refractivity contribution in [3.05, 3.63) is 59.4 Å². The van der Waals surface area contributed by atoms with Gasteiger partial charge in [-0.1, -0.05) is 12.1 Å². The van der Waals surface area contributed by atoms with Gasteiger partial charge in [0.05, 0.1) is 5.69 Å². The van der Waals surface area contributed by atoms with E-state index in [2.05, 4.69) is 0 Å². The van der Waals surface area contributed by atoms with Crippen molar-refractivity contribution in [3.8, 4) is 0 Å². The molecule has 2 rings (SSSR count). The summed E-state index contributed by atoms with van der Waals surface area (Å²) in [5.74, 6) is -0.541. The Morgan fingerprint density at radius 2 is 1.89 bits per heavy atom. The number of carbonyl (C=O) groups excluding carboxylic acids is 1. The lowest BCUT2D eigenvalue weighted by molar-refractivity contribution is 0.101. The van der Waals surface area contributed by atoms with Crippen LogP contribution >= 0.6 is 0 Å². The van der Waals surface area contributed by atoms with E-state index in [9.17, 15) is 9.18 Å². The van der Waals surface area contributed by atoms with Crippen molar-refractivity contribution in [2.45, 2.75) is 13.8 Å². The smallest absolute Gasteiger partial charge is 0.162 e. The molecule has 0 spiro atoms. The molecule has 0 N–H and O–H groups in total. The summed E-state index contributed by atoms with van der Waals surface area (Å²) in [6.45, 7) is 3.45. The third kappa shape index (κ3) is 2.81. The molecule has 0 unspecified atom stereocenters. The lowest BCUT2D eigenvalue weighted by Crippen LogP contribution is -2.13. The first-order valence-electron chi connectivity index (χ1n) is 6.10. The van der Waals surface area contributed by atoms with Gasteiger partial charge in [0.2, 0.25) is 0 Å². The van der Waals surface area contributed by atoms with Gasteiger partial charge in [-0.15, -0.1) is 0 Å². The van der Waals surface area contributed by atoms with Crippen LogP contribution in [-0.4, -0.2) is 12.8 Å². The van der Waals surface area contributed by atoms with Gasteiger partial charge in [-0.05, 0) is 49.7 Å². The number of hydrogen-bond acceptors (Lipinski definition) is 2. The van der Waals surface area contributed by atoms with Crippen LogP contribution in [0.4, 0.5) is 15.8 Å². The Hall–Kier alpha value is -2.16. The van der Waals surface area contributed by atoms with Crippen molar-refractivity contribution in [2.24, 2.45) is 0 Å². The lowest BCUT2D eigenvalue weighted by atomic mass is 10.1. The van der Waals surface area contributed by atoms with Crippen LogP contribution < -0.4 is 4.90 Å². The predicted octanol–water partition coefficient (Wildman–Crippen LogP) is 4.10. The molecule has 0 amide bonds. The van der Waals surface area contributed by atoms with Crippen LogP contribution in [0.5, 0.6) is 0 Å². The topological polar surface area (TPSA) is 20.3 Å². The third-order valence-electron chi connectivity index (χ3n) is 3.09. The molecule has 0 fully saturated rings. The number of benzene rings is 2. The minimum atomic E-state index is -0.397. The summed E-state index contributed by atoms with van der Waals surface area (Å²) < 4.78 is 13.3. The normalized spacial score (nSPS) is 10.3. The highest BCUT2D eigenvalue weighted by atomic mass is 19.1. The summed E-state index contributed by atoms with van der Waals surface area (Å²) in [7, 11) is 1.87. The average molecular weight is 257 g/mol. The molecule has 98 valence electrons. The largest absolute Gasteiger partial charge is 0.344 e. The van der Waals surface area contributed by atoms with Crippen molar-refractivity contribution in [1.82, 2.24) is 0 Å². The van der Waals surface area contributed by atoms with Gasteiger partial charge in [0.15, 0.2) is 5.78 Å². The summed E-state index contributed by atoms with van der Waals surface area (Å²) in [4.78, 5) is 13.5. The van der Waals surface area contributed by atoms with E-state index in [4.69, 9.17) is 0 Å². The molecular formula is C16H16FNO. The zero-order valence-electron chi connectivity index (χ0n) is 11.3. The molecular weight excluding hydrogens is 241 g/mol. The van der Waals surface area contributed by atoms with E-state index in [-0.39, 0.29) is 5.78 Å². The molecule has 0 aliphatic heterocycles. The molecule has 0 saturated carbocycles. The number of aryl methyl sites for hydroxylation is 1. The molecule has 0 saturated heterocycles. The van der Waals surface area contributed by atoms with Gasteiger partial charge in [0, 0.05) is 18.3 Å². The Morgan fingerprint density at radius 1 is 1.16 bits per heavy atom. The summed E-state index contributed by atoms with van der Waals surface area (Å²) >= 11 is 0. The van der Waals surface area contributed by atoms with Crippen molar-refractivity contribution < 1.29 is 9.18 Å². The minimum Gasteiger partial charge on any atom is -0.344 e. The molecule has 3 heteroatoms. The first kappa shape index (κ1) is 13.3. The van der Waals surface area contributed by atoms with Crippen molar-refractivity contribution in [3.63, 3.8) is 0 Å². The quantitative estimate of drug-likeness (QED) is 0.771. The lowest BCUT2D eigenvalue weighted by Gasteiger charge is -2.22. The van der Waals surface area contributed by atoms with Crippen molar-refractivity contribution >= 4 is 17.2 Å². The average Bonchev–Trinajstić information content (AvgIpc) is 2.37. The van der Waals surface area contributed by atoms with Gasteiger partial charge in [-0.3, -0.25) is 4.79 Å². The highest BCUT2D eigenvalue weighted by molar-refractivity contribution is 6.00. The number of anilines is 2. The Morgan fingerprint density at radius 3 is 2.53 bits per heavy atom. The molecule has 0 atom stereocenters. The van der Waals surface area contributed by atoms with Gasteiger partial charge in [-0.2, -0.15) is 0 Å². The van der Waals surface area contributed by atoms with Crippen LogP contribution in [-0.2, 0) is 0 Å². The van der Waals surface area contributed by atoms with Crippen LogP contribution in [0.2, 0.25) is 0 Å². The molecule has 0 aliphatic carbocycles. The number of carbonyl (C=O) groups is 1. The summed E-state index contributed by atoms with van der Waals surface area (Å²) in [5, 5.41) is 0. The monoisotopic (exact) mass is 257 g/mol. The van der Waals surface area contributed by atoms with Gasteiger partial charge in [0.25, 0.3) is 0 Å². The van der Waals surface area contributed by atoms with Gasteiger partial charge >= 0.3 is 0 Å². The standard InChI is InChI=1S/C16H16FNO/c1-11-5-4-6-14(9-11)18(3)16-8-7-13(17)10-15(16)12(2)19/h4-10H,1-3H3. The Kier molecular flexibility index (Phi) is 3.65. The summed E-state index contributed by atoms with van der Waals surface area (Å²) in [6.07, 6.45) is 0. The number of rotatable bonds is 3. The zero-order chi connectivity index (χ0) is 14.0. The maximum absolute atomic E-state index is 13.3. The molecule has 2 nitrogen and oxygen atoms in total. The first-order valence-corrected chi connectivity index (χ1v) is 6.10. The Balaban J connectivity index is 2.49. The fraction of sp³-hybridized carbons (Fsp3) is 0.188. The van der Waals surface area contributed by atoms with Crippen molar-refractivity contribution in [1.29, 1.82) is 0 Å². The molecule has 19 heavy (non-hydrogen) atoms. The fourth-order valence-electron chi connectivity index (χ4n) is 2.06. The minimum absolute atomic E-state index is 0.144. The van der Waals surface area contributed by atoms with E-state index >= 15 is 0 Å². The number of hydrogen-bond donors (Lipinski definition) is 0. The highest BCUT2D eigenvalue weighted by Crippen LogP contribution is 2.28. The Labute approximate surface area is 112 Å². The van der Waals surface area contributed by atoms with Crippen LogP contribution in [0.3, 0.4) is 0 Å². The number of nitrogens with zero attached hydrogens (tertiary/aromatic N) is 1. The van der Waals surface area contributed by atoms with Crippen molar-refractivity contribution in [2.75, 3.05) is 11.9 Å². The first-order chi connectivity index (χ1) is 8.99.